The molecule has 3 saturated carbocycles. The Balaban J connectivity index is 1.53. The average Bonchev–Trinajstić information content (AvgIpc) is 2.55. The molecule has 130 valence electrons. The molecule has 4 atom stereocenters. The fraction of sp³-hybridized carbons (Fsp3) is 0.667. The van der Waals surface area contributed by atoms with Crippen molar-refractivity contribution in [2.24, 2.45) is 17.3 Å². The lowest BCUT2D eigenvalue weighted by molar-refractivity contribution is -0.161. The summed E-state index contributed by atoms with van der Waals surface area (Å²) in [6, 6.07) is 8.39. The fourth-order valence-corrected chi connectivity index (χ4v) is 5.33. The lowest BCUT2D eigenvalue weighted by Crippen LogP contribution is -2.62. The van der Waals surface area contributed by atoms with Crippen molar-refractivity contribution >= 4 is 5.78 Å². The van der Waals surface area contributed by atoms with Crippen LogP contribution in [-0.2, 0) is 14.9 Å². The fourth-order valence-electron chi connectivity index (χ4n) is 5.33. The first-order chi connectivity index (χ1) is 11.4. The van der Waals surface area contributed by atoms with E-state index < -0.39 is 0 Å². The van der Waals surface area contributed by atoms with E-state index in [9.17, 15) is 4.79 Å². The molecule has 2 bridgehead atoms. The molecule has 0 aromatic heterocycles. The van der Waals surface area contributed by atoms with Gasteiger partial charge in [-0.1, -0.05) is 32.9 Å². The molecule has 4 unspecified atom stereocenters. The summed E-state index contributed by atoms with van der Waals surface area (Å²) in [6.07, 6.45) is 4.88. The SMILES string of the molecule is CC1(c2ccc(OC3CCCCO3)cc2)CC(=O)C2CC1C2(C)C. The molecule has 1 aliphatic heterocycles. The summed E-state index contributed by atoms with van der Waals surface area (Å²) < 4.78 is 11.6. The lowest BCUT2D eigenvalue weighted by atomic mass is 9.39. The van der Waals surface area contributed by atoms with Crippen molar-refractivity contribution in [1.82, 2.24) is 0 Å². The quantitative estimate of drug-likeness (QED) is 0.820. The zero-order valence-corrected chi connectivity index (χ0v) is 15.0. The van der Waals surface area contributed by atoms with Crippen LogP contribution in [0.25, 0.3) is 0 Å². The van der Waals surface area contributed by atoms with Gasteiger partial charge in [0.05, 0.1) is 6.61 Å². The summed E-state index contributed by atoms with van der Waals surface area (Å²) in [5.74, 6) is 2.17. The number of benzene rings is 1. The molecule has 0 radical (unpaired) electrons. The number of hydrogen-bond donors (Lipinski definition) is 0. The Morgan fingerprint density at radius 2 is 1.88 bits per heavy atom. The van der Waals surface area contributed by atoms with Gasteiger partial charge in [0.1, 0.15) is 11.5 Å². The van der Waals surface area contributed by atoms with Crippen LogP contribution in [0, 0.1) is 17.3 Å². The van der Waals surface area contributed by atoms with E-state index >= 15 is 0 Å². The van der Waals surface area contributed by atoms with Crippen LogP contribution in [0.5, 0.6) is 5.75 Å². The van der Waals surface area contributed by atoms with E-state index in [0.29, 0.717) is 18.1 Å². The minimum Gasteiger partial charge on any atom is -0.465 e. The van der Waals surface area contributed by atoms with E-state index in [2.05, 4.69) is 32.9 Å². The largest absolute Gasteiger partial charge is 0.465 e. The third kappa shape index (κ3) is 2.40. The van der Waals surface area contributed by atoms with E-state index in [0.717, 1.165) is 31.6 Å². The first kappa shape index (κ1) is 16.1. The number of carbonyl (C=O) groups is 1. The van der Waals surface area contributed by atoms with Crippen LogP contribution >= 0.6 is 0 Å². The van der Waals surface area contributed by atoms with E-state index in [1.54, 1.807) is 0 Å². The second-order valence-corrected chi connectivity index (χ2v) is 8.66. The molecule has 4 aliphatic rings. The molecule has 3 aliphatic carbocycles. The van der Waals surface area contributed by atoms with Gasteiger partial charge < -0.3 is 9.47 Å². The lowest BCUT2D eigenvalue weighted by Gasteiger charge is -2.63. The molecule has 0 spiro atoms. The van der Waals surface area contributed by atoms with Gasteiger partial charge in [-0.3, -0.25) is 4.79 Å². The van der Waals surface area contributed by atoms with Crippen molar-refractivity contribution in [2.45, 2.75) is 64.6 Å². The molecule has 1 aromatic rings. The second kappa shape index (κ2) is 5.59. The Hall–Kier alpha value is -1.35. The van der Waals surface area contributed by atoms with Crippen LogP contribution in [0.3, 0.4) is 0 Å². The van der Waals surface area contributed by atoms with Crippen LogP contribution in [0.1, 0.15) is 58.4 Å². The van der Waals surface area contributed by atoms with Crippen molar-refractivity contribution in [2.75, 3.05) is 6.61 Å². The standard InChI is InChI=1S/C21H28O3/c1-20(2)16-12-18(20)21(3,13-17(16)22)14-7-9-15(10-8-14)24-19-6-4-5-11-23-19/h7-10,16,18-19H,4-6,11-13H2,1-3H3. The summed E-state index contributed by atoms with van der Waals surface area (Å²) in [7, 11) is 0. The highest BCUT2D eigenvalue weighted by molar-refractivity contribution is 5.86. The summed E-state index contributed by atoms with van der Waals surface area (Å²) in [5.41, 5.74) is 1.36. The average molecular weight is 328 g/mol. The first-order valence-electron chi connectivity index (χ1n) is 9.33. The number of hydrogen-bond acceptors (Lipinski definition) is 3. The van der Waals surface area contributed by atoms with Gasteiger partial charge in [0, 0.05) is 24.2 Å². The van der Waals surface area contributed by atoms with Gasteiger partial charge in [0.15, 0.2) is 6.29 Å². The van der Waals surface area contributed by atoms with Crippen LogP contribution in [0.2, 0.25) is 0 Å². The minimum absolute atomic E-state index is 0.0464. The van der Waals surface area contributed by atoms with Crippen LogP contribution < -0.4 is 4.74 Å². The number of ether oxygens (including phenoxy) is 2. The Morgan fingerprint density at radius 3 is 2.46 bits per heavy atom. The van der Waals surface area contributed by atoms with Crippen molar-refractivity contribution in [3.63, 3.8) is 0 Å². The predicted octanol–water partition coefficient (Wildman–Crippen LogP) is 4.48. The van der Waals surface area contributed by atoms with Gasteiger partial charge in [-0.25, -0.2) is 0 Å². The van der Waals surface area contributed by atoms with Crippen molar-refractivity contribution in [3.05, 3.63) is 29.8 Å². The maximum atomic E-state index is 12.5. The van der Waals surface area contributed by atoms with Crippen LogP contribution in [0.4, 0.5) is 0 Å². The highest BCUT2D eigenvalue weighted by Crippen LogP contribution is 2.64. The Kier molecular flexibility index (Phi) is 3.76. The number of carbonyl (C=O) groups excluding carboxylic acids is 1. The van der Waals surface area contributed by atoms with Gasteiger partial charge in [-0.05, 0) is 48.3 Å². The summed E-state index contributed by atoms with van der Waals surface area (Å²) in [4.78, 5) is 12.5. The van der Waals surface area contributed by atoms with E-state index in [4.69, 9.17) is 9.47 Å². The molecule has 1 heterocycles. The van der Waals surface area contributed by atoms with E-state index in [-0.39, 0.29) is 23.0 Å². The molecule has 3 heteroatoms. The Morgan fingerprint density at radius 1 is 1.12 bits per heavy atom. The van der Waals surface area contributed by atoms with Crippen molar-refractivity contribution in [3.8, 4) is 5.75 Å². The van der Waals surface area contributed by atoms with Crippen molar-refractivity contribution < 1.29 is 14.3 Å². The molecular formula is C21H28O3. The topological polar surface area (TPSA) is 35.5 Å². The van der Waals surface area contributed by atoms with E-state index in [1.165, 1.54) is 12.0 Å². The molecule has 1 saturated heterocycles. The zero-order chi connectivity index (χ0) is 16.9. The number of rotatable bonds is 3. The Bertz CT molecular complexity index is 627. The van der Waals surface area contributed by atoms with Gasteiger partial charge in [0.2, 0.25) is 0 Å². The summed E-state index contributed by atoms with van der Waals surface area (Å²) in [5, 5.41) is 0. The molecule has 1 aromatic carbocycles. The zero-order valence-electron chi connectivity index (χ0n) is 15.0. The maximum Gasteiger partial charge on any atom is 0.199 e. The molecule has 4 fully saturated rings. The maximum absolute atomic E-state index is 12.5. The minimum atomic E-state index is -0.109. The highest BCUT2D eigenvalue weighted by Gasteiger charge is 2.63. The monoisotopic (exact) mass is 328 g/mol. The van der Waals surface area contributed by atoms with Crippen molar-refractivity contribution in [1.29, 1.82) is 0 Å². The third-order valence-corrected chi connectivity index (χ3v) is 6.89. The molecule has 0 N–H and O–H groups in total. The van der Waals surface area contributed by atoms with Gasteiger partial charge >= 0.3 is 0 Å². The normalized spacial score (nSPS) is 37.6. The summed E-state index contributed by atoms with van der Waals surface area (Å²) >= 11 is 0. The molecule has 0 amide bonds. The van der Waals surface area contributed by atoms with Gasteiger partial charge in [0.25, 0.3) is 0 Å². The van der Waals surface area contributed by atoms with Crippen LogP contribution in [-0.4, -0.2) is 18.7 Å². The number of Topliss-reactive ketones (excluding diaryl/α,β-unsaturated/α-hetero) is 1. The van der Waals surface area contributed by atoms with E-state index in [1.807, 2.05) is 12.1 Å². The molecule has 3 nitrogen and oxygen atoms in total. The van der Waals surface area contributed by atoms with Gasteiger partial charge in [-0.2, -0.15) is 0 Å². The van der Waals surface area contributed by atoms with Gasteiger partial charge in [-0.15, -0.1) is 0 Å². The van der Waals surface area contributed by atoms with Crippen LogP contribution in [0.15, 0.2) is 24.3 Å². The summed E-state index contributed by atoms with van der Waals surface area (Å²) in [6.45, 7) is 7.59. The smallest absolute Gasteiger partial charge is 0.199 e. The second-order valence-electron chi connectivity index (χ2n) is 8.66. The number of ketones is 1. The molecular weight excluding hydrogens is 300 g/mol. The third-order valence-electron chi connectivity index (χ3n) is 6.89. The molecule has 5 rings (SSSR count). The molecule has 24 heavy (non-hydrogen) atoms. The highest BCUT2D eigenvalue weighted by atomic mass is 16.7. The predicted molar refractivity (Wildman–Crippen MR) is 93.0 cm³/mol. The Labute approximate surface area is 144 Å². The number of fused-ring (bicyclic) bond motifs is 2. The first-order valence-corrected chi connectivity index (χ1v) is 9.33.